The summed E-state index contributed by atoms with van der Waals surface area (Å²) in [4.78, 5) is 11.7. The van der Waals surface area contributed by atoms with Crippen LogP contribution < -0.4 is 5.32 Å². The van der Waals surface area contributed by atoms with Gasteiger partial charge in [-0.25, -0.2) is 0 Å². The van der Waals surface area contributed by atoms with Gasteiger partial charge in [-0.15, -0.1) is 0 Å². The summed E-state index contributed by atoms with van der Waals surface area (Å²) in [6.45, 7) is 0. The summed E-state index contributed by atoms with van der Waals surface area (Å²) in [6.07, 6.45) is 0. The highest BCUT2D eigenvalue weighted by molar-refractivity contribution is 7.08. The molecule has 1 N–H and O–H groups in total. The molecule has 3 nitrogen and oxygen atoms in total. The molecule has 0 aliphatic carbocycles. The summed E-state index contributed by atoms with van der Waals surface area (Å²) in [5.41, 5.74) is 1.89. The SMILES string of the molecule is N#Cc1ccc(C(=O)Nc2ccsc2)cc1. The fourth-order valence-electron chi connectivity index (χ4n) is 1.23. The maximum Gasteiger partial charge on any atom is 0.255 e. The predicted octanol–water partition coefficient (Wildman–Crippen LogP) is 2.87. The Hall–Kier alpha value is -2.12. The second-order valence-electron chi connectivity index (χ2n) is 3.16. The van der Waals surface area contributed by atoms with Gasteiger partial charge in [0.2, 0.25) is 0 Å². The molecule has 1 aromatic carbocycles. The molecule has 0 saturated carbocycles. The van der Waals surface area contributed by atoms with E-state index in [0.717, 1.165) is 5.69 Å². The van der Waals surface area contributed by atoms with Gasteiger partial charge in [-0.1, -0.05) is 0 Å². The lowest BCUT2D eigenvalue weighted by Gasteiger charge is -2.02. The number of rotatable bonds is 2. The molecule has 0 spiro atoms. The molecule has 1 amide bonds. The van der Waals surface area contributed by atoms with Gasteiger partial charge in [0.25, 0.3) is 5.91 Å². The van der Waals surface area contributed by atoms with Gasteiger partial charge in [0, 0.05) is 10.9 Å². The maximum absolute atomic E-state index is 11.7. The summed E-state index contributed by atoms with van der Waals surface area (Å²) >= 11 is 1.53. The number of hydrogen-bond acceptors (Lipinski definition) is 3. The second-order valence-corrected chi connectivity index (χ2v) is 3.94. The molecule has 2 rings (SSSR count). The van der Waals surface area contributed by atoms with E-state index in [9.17, 15) is 4.79 Å². The Labute approximate surface area is 97.0 Å². The van der Waals surface area contributed by atoms with Crippen LogP contribution in [0, 0.1) is 11.3 Å². The lowest BCUT2D eigenvalue weighted by atomic mass is 10.1. The summed E-state index contributed by atoms with van der Waals surface area (Å²) in [6, 6.07) is 10.4. The molecule has 0 radical (unpaired) electrons. The molecule has 0 fully saturated rings. The molecule has 1 heterocycles. The van der Waals surface area contributed by atoms with Crippen molar-refractivity contribution in [3.8, 4) is 6.07 Å². The van der Waals surface area contributed by atoms with Crippen molar-refractivity contribution in [2.24, 2.45) is 0 Å². The van der Waals surface area contributed by atoms with E-state index in [0.29, 0.717) is 11.1 Å². The summed E-state index contributed by atoms with van der Waals surface area (Å²) < 4.78 is 0. The number of carbonyl (C=O) groups is 1. The number of benzene rings is 1. The Balaban J connectivity index is 2.12. The fourth-order valence-corrected chi connectivity index (χ4v) is 1.82. The summed E-state index contributed by atoms with van der Waals surface area (Å²) in [5.74, 6) is -0.164. The first-order valence-electron chi connectivity index (χ1n) is 4.63. The average Bonchev–Trinajstić information content (AvgIpc) is 2.82. The zero-order valence-corrected chi connectivity index (χ0v) is 9.12. The lowest BCUT2D eigenvalue weighted by molar-refractivity contribution is 0.102. The standard InChI is InChI=1S/C12H8N2OS/c13-7-9-1-3-10(4-2-9)12(15)14-11-5-6-16-8-11/h1-6,8H,(H,14,15). The van der Waals surface area contributed by atoms with Crippen LogP contribution in [0.5, 0.6) is 0 Å². The number of anilines is 1. The van der Waals surface area contributed by atoms with Crippen LogP contribution >= 0.6 is 11.3 Å². The molecule has 1 aromatic heterocycles. The predicted molar refractivity (Wildman–Crippen MR) is 63.4 cm³/mol. The van der Waals surface area contributed by atoms with Crippen LogP contribution in [-0.4, -0.2) is 5.91 Å². The van der Waals surface area contributed by atoms with E-state index in [1.54, 1.807) is 24.3 Å². The smallest absolute Gasteiger partial charge is 0.255 e. The van der Waals surface area contributed by atoms with Crippen molar-refractivity contribution in [2.45, 2.75) is 0 Å². The van der Waals surface area contributed by atoms with Gasteiger partial charge in [-0.05, 0) is 35.7 Å². The summed E-state index contributed by atoms with van der Waals surface area (Å²) in [5, 5.41) is 15.1. The third-order valence-electron chi connectivity index (χ3n) is 2.06. The number of nitriles is 1. The van der Waals surface area contributed by atoms with Crippen LogP contribution in [0.4, 0.5) is 5.69 Å². The molecule has 4 heteroatoms. The monoisotopic (exact) mass is 228 g/mol. The second kappa shape index (κ2) is 4.60. The maximum atomic E-state index is 11.7. The summed E-state index contributed by atoms with van der Waals surface area (Å²) in [7, 11) is 0. The van der Waals surface area contributed by atoms with E-state index in [-0.39, 0.29) is 5.91 Å². The first kappa shape index (κ1) is 10.4. The molecule has 0 bridgehead atoms. The highest BCUT2D eigenvalue weighted by Crippen LogP contribution is 2.13. The number of nitrogens with zero attached hydrogens (tertiary/aromatic N) is 1. The topological polar surface area (TPSA) is 52.9 Å². The van der Waals surface area contributed by atoms with Gasteiger partial charge in [0.05, 0.1) is 17.3 Å². The molecule has 0 unspecified atom stereocenters. The van der Waals surface area contributed by atoms with E-state index in [2.05, 4.69) is 5.32 Å². The van der Waals surface area contributed by atoms with Crippen molar-refractivity contribution >= 4 is 22.9 Å². The van der Waals surface area contributed by atoms with Crippen LogP contribution in [0.25, 0.3) is 0 Å². The van der Waals surface area contributed by atoms with Crippen molar-refractivity contribution < 1.29 is 4.79 Å². The first-order valence-corrected chi connectivity index (χ1v) is 5.57. The Bertz CT molecular complexity index is 523. The van der Waals surface area contributed by atoms with Gasteiger partial charge in [-0.3, -0.25) is 4.79 Å². The first-order chi connectivity index (χ1) is 7.79. The fraction of sp³-hybridized carbons (Fsp3) is 0. The number of carbonyl (C=O) groups excluding carboxylic acids is 1. The largest absolute Gasteiger partial charge is 0.321 e. The number of amides is 1. The van der Waals surface area contributed by atoms with Crippen molar-refractivity contribution in [3.05, 3.63) is 52.2 Å². The molecule has 0 atom stereocenters. The molecule has 0 saturated heterocycles. The quantitative estimate of drug-likeness (QED) is 0.859. The molecule has 2 aromatic rings. The van der Waals surface area contributed by atoms with Crippen molar-refractivity contribution in [1.82, 2.24) is 0 Å². The molecule has 16 heavy (non-hydrogen) atoms. The van der Waals surface area contributed by atoms with Crippen molar-refractivity contribution in [3.63, 3.8) is 0 Å². The van der Waals surface area contributed by atoms with Gasteiger partial charge < -0.3 is 5.32 Å². The van der Waals surface area contributed by atoms with E-state index < -0.39 is 0 Å². The van der Waals surface area contributed by atoms with Gasteiger partial charge in [0.1, 0.15) is 0 Å². The normalized spacial score (nSPS) is 9.44. The Morgan fingerprint density at radius 2 is 2.00 bits per heavy atom. The Kier molecular flexibility index (Phi) is 2.99. The van der Waals surface area contributed by atoms with Crippen LogP contribution in [0.3, 0.4) is 0 Å². The molecular weight excluding hydrogens is 220 g/mol. The molecule has 0 aliphatic rings. The van der Waals surface area contributed by atoms with Crippen LogP contribution in [-0.2, 0) is 0 Å². The van der Waals surface area contributed by atoms with E-state index >= 15 is 0 Å². The molecule has 78 valence electrons. The van der Waals surface area contributed by atoms with Crippen LogP contribution in [0.1, 0.15) is 15.9 Å². The van der Waals surface area contributed by atoms with E-state index in [1.807, 2.05) is 22.9 Å². The Morgan fingerprint density at radius 3 is 2.56 bits per heavy atom. The van der Waals surface area contributed by atoms with Gasteiger partial charge in [0.15, 0.2) is 0 Å². The van der Waals surface area contributed by atoms with Crippen LogP contribution in [0.15, 0.2) is 41.1 Å². The third-order valence-corrected chi connectivity index (χ3v) is 2.74. The van der Waals surface area contributed by atoms with E-state index in [1.165, 1.54) is 11.3 Å². The minimum Gasteiger partial charge on any atom is -0.321 e. The Morgan fingerprint density at radius 1 is 1.25 bits per heavy atom. The van der Waals surface area contributed by atoms with E-state index in [4.69, 9.17) is 5.26 Å². The van der Waals surface area contributed by atoms with Crippen molar-refractivity contribution in [2.75, 3.05) is 5.32 Å². The molecule has 0 aliphatic heterocycles. The highest BCUT2D eigenvalue weighted by Gasteiger charge is 2.05. The van der Waals surface area contributed by atoms with Gasteiger partial charge in [-0.2, -0.15) is 16.6 Å². The highest BCUT2D eigenvalue weighted by atomic mass is 32.1. The van der Waals surface area contributed by atoms with Gasteiger partial charge >= 0.3 is 0 Å². The minimum absolute atomic E-state index is 0.164. The van der Waals surface area contributed by atoms with Crippen LogP contribution in [0.2, 0.25) is 0 Å². The number of thiophene rings is 1. The number of hydrogen-bond donors (Lipinski definition) is 1. The molecular formula is C12H8N2OS. The zero-order chi connectivity index (χ0) is 11.4. The third kappa shape index (κ3) is 2.27. The number of nitrogens with one attached hydrogen (secondary N) is 1. The average molecular weight is 228 g/mol. The van der Waals surface area contributed by atoms with Crippen molar-refractivity contribution in [1.29, 1.82) is 5.26 Å². The lowest BCUT2D eigenvalue weighted by Crippen LogP contribution is -2.10. The zero-order valence-electron chi connectivity index (χ0n) is 8.31. The minimum atomic E-state index is -0.164.